The molecule has 2 N–H and O–H groups in total. The van der Waals surface area contributed by atoms with Crippen molar-refractivity contribution in [3.8, 4) is 17.6 Å². The lowest BCUT2D eigenvalue weighted by molar-refractivity contribution is -0.116. The first-order valence-electron chi connectivity index (χ1n) is 9.90. The highest BCUT2D eigenvalue weighted by Gasteiger charge is 2.38. The molecule has 0 unspecified atom stereocenters. The molecule has 1 heterocycles. The molecule has 0 saturated heterocycles. The van der Waals surface area contributed by atoms with E-state index in [2.05, 4.69) is 22.0 Å². The molecule has 0 radical (unpaired) electrons. The van der Waals surface area contributed by atoms with Crippen LogP contribution in [-0.4, -0.2) is 12.9 Å². The van der Waals surface area contributed by atoms with Gasteiger partial charge >= 0.3 is 0 Å². The highest BCUT2D eigenvalue weighted by molar-refractivity contribution is 9.10. The van der Waals surface area contributed by atoms with Crippen LogP contribution in [0.4, 0.5) is 0 Å². The molecule has 0 spiro atoms. The van der Waals surface area contributed by atoms with Gasteiger partial charge in [0.2, 0.25) is 5.88 Å². The molecule has 0 fully saturated rings. The molecule has 0 aromatic heterocycles. The van der Waals surface area contributed by atoms with Gasteiger partial charge in [-0.15, -0.1) is 0 Å². The molecule has 0 amide bonds. The number of halogens is 1. The van der Waals surface area contributed by atoms with Crippen LogP contribution in [0.2, 0.25) is 0 Å². The highest BCUT2D eigenvalue weighted by Crippen LogP contribution is 2.45. The van der Waals surface area contributed by atoms with Gasteiger partial charge in [0.15, 0.2) is 17.3 Å². The van der Waals surface area contributed by atoms with Crippen LogP contribution < -0.4 is 15.2 Å². The third-order valence-electron chi connectivity index (χ3n) is 5.43. The van der Waals surface area contributed by atoms with Crippen LogP contribution in [0.5, 0.6) is 11.5 Å². The minimum atomic E-state index is -0.573. The van der Waals surface area contributed by atoms with Gasteiger partial charge in [-0.1, -0.05) is 34.1 Å². The molecule has 0 saturated carbocycles. The Bertz CT molecular complexity index is 1130. The molecular formula is C24H21BrN2O4. The Hall–Kier alpha value is -3.24. The number of carbonyl (C=O) groups is 1. The summed E-state index contributed by atoms with van der Waals surface area (Å²) in [6.07, 6.45) is 1.77. The Labute approximate surface area is 189 Å². The van der Waals surface area contributed by atoms with Crippen molar-refractivity contribution in [2.45, 2.75) is 31.8 Å². The Balaban J connectivity index is 1.67. The number of nitrogens with two attached hydrogens (primary N) is 1. The SMILES string of the molecule is COc1cc([C@@H]2C(C#N)=C(N)OC3=C2C(=O)CCC3)ccc1OCc1ccc(Br)cc1. The summed E-state index contributed by atoms with van der Waals surface area (Å²) in [6.45, 7) is 0.379. The lowest BCUT2D eigenvalue weighted by atomic mass is 9.77. The largest absolute Gasteiger partial charge is 0.493 e. The van der Waals surface area contributed by atoms with Crippen molar-refractivity contribution in [3.63, 3.8) is 0 Å². The van der Waals surface area contributed by atoms with Crippen molar-refractivity contribution >= 4 is 21.7 Å². The Morgan fingerprint density at radius 2 is 1.97 bits per heavy atom. The van der Waals surface area contributed by atoms with Gasteiger partial charge in [0.1, 0.15) is 24.0 Å². The van der Waals surface area contributed by atoms with Gasteiger partial charge in [-0.3, -0.25) is 4.79 Å². The summed E-state index contributed by atoms with van der Waals surface area (Å²) in [4.78, 5) is 12.7. The van der Waals surface area contributed by atoms with Crippen molar-refractivity contribution in [1.82, 2.24) is 0 Å². The molecule has 1 aliphatic carbocycles. The first-order valence-corrected chi connectivity index (χ1v) is 10.7. The smallest absolute Gasteiger partial charge is 0.205 e. The van der Waals surface area contributed by atoms with Crippen molar-refractivity contribution < 1.29 is 19.0 Å². The number of allylic oxidation sites excluding steroid dienone is 3. The van der Waals surface area contributed by atoms with Crippen LogP contribution in [0.3, 0.4) is 0 Å². The fourth-order valence-electron chi connectivity index (χ4n) is 3.91. The van der Waals surface area contributed by atoms with Crippen LogP contribution in [0.15, 0.2) is 69.7 Å². The van der Waals surface area contributed by atoms with Crippen LogP contribution in [0, 0.1) is 11.3 Å². The van der Waals surface area contributed by atoms with Crippen molar-refractivity contribution in [2.24, 2.45) is 5.73 Å². The fraction of sp³-hybridized carbons (Fsp3) is 0.250. The van der Waals surface area contributed by atoms with Crippen LogP contribution in [0.25, 0.3) is 0 Å². The van der Waals surface area contributed by atoms with Gasteiger partial charge in [-0.2, -0.15) is 5.26 Å². The maximum Gasteiger partial charge on any atom is 0.205 e. The van der Waals surface area contributed by atoms with Gasteiger partial charge < -0.3 is 19.9 Å². The number of nitrogens with zero attached hydrogens (tertiary/aromatic N) is 1. The Kier molecular flexibility index (Phi) is 6.01. The molecule has 1 aliphatic heterocycles. The predicted molar refractivity (Wildman–Crippen MR) is 118 cm³/mol. The number of nitriles is 1. The lowest BCUT2D eigenvalue weighted by Crippen LogP contribution is -2.27. The number of ketones is 1. The molecule has 7 heteroatoms. The van der Waals surface area contributed by atoms with E-state index in [0.717, 1.165) is 15.6 Å². The van der Waals surface area contributed by atoms with Crippen molar-refractivity contribution in [2.75, 3.05) is 7.11 Å². The van der Waals surface area contributed by atoms with E-state index in [9.17, 15) is 10.1 Å². The molecule has 1 atom stereocenters. The second kappa shape index (κ2) is 8.86. The summed E-state index contributed by atoms with van der Waals surface area (Å²) in [7, 11) is 1.56. The number of ether oxygens (including phenoxy) is 3. The molecule has 158 valence electrons. The fourth-order valence-corrected chi connectivity index (χ4v) is 4.18. The first-order chi connectivity index (χ1) is 15.0. The maximum absolute atomic E-state index is 12.7. The van der Waals surface area contributed by atoms with Crippen molar-refractivity contribution in [1.29, 1.82) is 5.26 Å². The molecule has 2 aromatic rings. The molecule has 0 bridgehead atoms. The Morgan fingerprint density at radius 1 is 1.19 bits per heavy atom. The summed E-state index contributed by atoms with van der Waals surface area (Å²) in [5.41, 5.74) is 8.53. The summed E-state index contributed by atoms with van der Waals surface area (Å²) in [5.74, 6) is 1.11. The number of Topliss-reactive ketones (excluding diaryl/α,β-unsaturated/α-hetero) is 1. The summed E-state index contributed by atoms with van der Waals surface area (Å²) >= 11 is 3.42. The molecule has 6 nitrogen and oxygen atoms in total. The monoisotopic (exact) mass is 480 g/mol. The lowest BCUT2D eigenvalue weighted by Gasteiger charge is -2.31. The maximum atomic E-state index is 12.7. The van der Waals surface area contributed by atoms with Crippen molar-refractivity contribution in [3.05, 3.63) is 80.9 Å². The van der Waals surface area contributed by atoms with Crippen LogP contribution in [0.1, 0.15) is 36.3 Å². The van der Waals surface area contributed by atoms with E-state index in [1.165, 1.54) is 0 Å². The number of hydrogen-bond acceptors (Lipinski definition) is 6. The van der Waals surface area contributed by atoms with E-state index in [-0.39, 0.29) is 17.2 Å². The topological polar surface area (TPSA) is 94.6 Å². The van der Waals surface area contributed by atoms with Crippen LogP contribution >= 0.6 is 15.9 Å². The average molecular weight is 481 g/mol. The van der Waals surface area contributed by atoms with Gasteiger partial charge in [-0.25, -0.2) is 0 Å². The normalized spacial score (nSPS) is 18.2. The summed E-state index contributed by atoms with van der Waals surface area (Å²) in [5, 5.41) is 9.72. The van der Waals surface area contributed by atoms with E-state index in [4.69, 9.17) is 19.9 Å². The third-order valence-corrected chi connectivity index (χ3v) is 5.96. The zero-order chi connectivity index (χ0) is 22.0. The van der Waals surface area contributed by atoms with Crippen LogP contribution in [-0.2, 0) is 16.1 Å². The molecular weight excluding hydrogens is 460 g/mol. The van der Waals surface area contributed by atoms with E-state index >= 15 is 0 Å². The zero-order valence-electron chi connectivity index (χ0n) is 17.0. The number of rotatable bonds is 5. The highest BCUT2D eigenvalue weighted by atomic mass is 79.9. The van der Waals surface area contributed by atoms with Gasteiger partial charge in [0, 0.05) is 22.9 Å². The third kappa shape index (κ3) is 4.17. The average Bonchev–Trinajstić information content (AvgIpc) is 2.78. The Morgan fingerprint density at radius 3 is 2.68 bits per heavy atom. The summed E-state index contributed by atoms with van der Waals surface area (Å²) < 4.78 is 18.1. The molecule has 4 rings (SSSR count). The van der Waals surface area contributed by atoms with Gasteiger partial charge in [-0.05, 0) is 41.8 Å². The number of hydrogen-bond donors (Lipinski definition) is 1. The van der Waals surface area contributed by atoms with E-state index < -0.39 is 5.92 Å². The number of carbonyl (C=O) groups excluding carboxylic acids is 1. The van der Waals surface area contributed by atoms with Gasteiger partial charge in [0.25, 0.3) is 0 Å². The summed E-state index contributed by atoms with van der Waals surface area (Å²) in [6, 6.07) is 15.4. The van der Waals surface area contributed by atoms with Gasteiger partial charge in [0.05, 0.1) is 13.0 Å². The second-order valence-corrected chi connectivity index (χ2v) is 8.28. The zero-order valence-corrected chi connectivity index (χ0v) is 18.6. The molecule has 2 aromatic carbocycles. The standard InChI is InChI=1S/C24H21BrN2O4/c1-29-21-11-15(7-10-19(21)30-13-14-5-8-16(25)9-6-14)22-17(12-26)24(27)31-20-4-2-3-18(28)23(20)22/h5-11,22H,2-4,13,27H2,1H3/t22-/m1/s1. The van der Waals surface area contributed by atoms with E-state index in [1.54, 1.807) is 19.2 Å². The minimum absolute atomic E-state index is 0.0129. The first kappa shape index (κ1) is 21.0. The molecule has 31 heavy (non-hydrogen) atoms. The van der Waals surface area contributed by atoms with E-state index in [0.29, 0.717) is 48.7 Å². The number of methoxy groups -OCH3 is 1. The number of benzene rings is 2. The second-order valence-electron chi connectivity index (χ2n) is 7.36. The predicted octanol–water partition coefficient (Wildman–Crippen LogP) is 4.85. The quantitative estimate of drug-likeness (QED) is 0.656. The molecule has 2 aliphatic rings. The minimum Gasteiger partial charge on any atom is -0.493 e. The van der Waals surface area contributed by atoms with E-state index in [1.807, 2.05) is 30.3 Å².